The van der Waals surface area contributed by atoms with Crippen molar-refractivity contribution >= 4 is 17.2 Å². The molecule has 3 aromatic rings. The molecule has 6 heteroatoms. The molecule has 1 amide bonds. The van der Waals surface area contributed by atoms with Gasteiger partial charge in [-0.2, -0.15) is 0 Å². The lowest BCUT2D eigenvalue weighted by Crippen LogP contribution is -2.29. The summed E-state index contributed by atoms with van der Waals surface area (Å²) >= 11 is 1.62. The zero-order valence-corrected chi connectivity index (χ0v) is 14.9. The maximum Gasteiger partial charge on any atom is 0.292 e. The van der Waals surface area contributed by atoms with Gasteiger partial charge >= 0.3 is 0 Å². The predicted molar refractivity (Wildman–Crippen MR) is 94.0 cm³/mol. The number of aromatic nitrogens is 2. The third kappa shape index (κ3) is 3.10. The van der Waals surface area contributed by atoms with Crippen molar-refractivity contribution in [1.82, 2.24) is 15.0 Å². The smallest absolute Gasteiger partial charge is 0.292 e. The highest BCUT2D eigenvalue weighted by Gasteiger charge is 2.25. The second kappa shape index (κ2) is 6.57. The van der Waals surface area contributed by atoms with Crippen LogP contribution < -0.4 is 0 Å². The number of hydrogen-bond donors (Lipinski definition) is 0. The maximum atomic E-state index is 12.5. The lowest BCUT2D eigenvalue weighted by Gasteiger charge is -2.23. The van der Waals surface area contributed by atoms with Crippen LogP contribution in [0.1, 0.15) is 39.8 Å². The number of nitrogens with zero attached hydrogens (tertiary/aromatic N) is 3. The molecule has 0 saturated carbocycles. The van der Waals surface area contributed by atoms with Crippen molar-refractivity contribution in [2.45, 2.75) is 26.8 Å². The van der Waals surface area contributed by atoms with E-state index in [2.05, 4.69) is 10.1 Å². The van der Waals surface area contributed by atoms with Crippen LogP contribution in [0, 0.1) is 13.8 Å². The van der Waals surface area contributed by atoms with E-state index < -0.39 is 0 Å². The second-order valence-electron chi connectivity index (χ2n) is 5.76. The fourth-order valence-electron chi connectivity index (χ4n) is 2.49. The molecule has 1 atom stereocenters. The molecule has 0 fully saturated rings. The summed E-state index contributed by atoms with van der Waals surface area (Å²) in [5.41, 5.74) is 2.73. The molecule has 0 N–H and O–H groups in total. The number of carbonyl (C=O) groups is 1. The minimum absolute atomic E-state index is 0.0992. The van der Waals surface area contributed by atoms with Crippen LogP contribution in [0.4, 0.5) is 0 Å². The summed E-state index contributed by atoms with van der Waals surface area (Å²) in [5.74, 6) is 0.0736. The zero-order valence-electron chi connectivity index (χ0n) is 14.1. The van der Waals surface area contributed by atoms with Crippen LogP contribution in [-0.2, 0) is 0 Å². The molecule has 1 aromatic carbocycles. The number of carbonyl (C=O) groups excluding carboxylic acids is 1. The van der Waals surface area contributed by atoms with Crippen LogP contribution in [0.15, 0.2) is 40.9 Å². The Labute approximate surface area is 144 Å². The van der Waals surface area contributed by atoms with Gasteiger partial charge < -0.3 is 9.42 Å². The summed E-state index contributed by atoms with van der Waals surface area (Å²) in [6.45, 7) is 5.77. The predicted octanol–water partition coefficient (Wildman–Crippen LogP) is 4.25. The van der Waals surface area contributed by atoms with Crippen LogP contribution >= 0.6 is 11.3 Å². The molecule has 5 nitrogen and oxygen atoms in total. The number of thiazole rings is 1. The fourth-order valence-corrected chi connectivity index (χ4v) is 3.66. The Balaban J connectivity index is 1.86. The first-order valence-corrected chi connectivity index (χ1v) is 8.52. The Morgan fingerprint density at radius 3 is 2.58 bits per heavy atom. The maximum absolute atomic E-state index is 12.5. The van der Waals surface area contributed by atoms with Gasteiger partial charge in [0.05, 0.1) is 22.3 Å². The molecule has 0 aliphatic heterocycles. The summed E-state index contributed by atoms with van der Waals surface area (Å²) in [7, 11) is 1.77. The Bertz CT molecular complexity index is 854. The highest BCUT2D eigenvalue weighted by Crippen LogP contribution is 2.34. The van der Waals surface area contributed by atoms with E-state index in [1.165, 1.54) is 0 Å². The average molecular weight is 341 g/mol. The van der Waals surface area contributed by atoms with Gasteiger partial charge in [0.15, 0.2) is 0 Å². The molecule has 0 aliphatic carbocycles. The first-order chi connectivity index (χ1) is 11.5. The molecule has 24 heavy (non-hydrogen) atoms. The molecule has 0 aliphatic rings. The highest BCUT2D eigenvalue weighted by molar-refractivity contribution is 7.15. The van der Waals surface area contributed by atoms with E-state index >= 15 is 0 Å². The average Bonchev–Trinajstić information content (AvgIpc) is 3.19. The van der Waals surface area contributed by atoms with Crippen molar-refractivity contribution in [2.24, 2.45) is 0 Å². The standard InChI is InChI=1S/C18H19N3O2S/c1-11-10-15(23-20-11)18(22)21(4)13(3)16-12(2)19-17(24-16)14-8-6-5-7-9-14/h5-10,13H,1-4H3/t13-/m1/s1. The number of amides is 1. The van der Waals surface area contributed by atoms with Crippen LogP contribution in [-0.4, -0.2) is 28.0 Å². The van der Waals surface area contributed by atoms with E-state index in [4.69, 9.17) is 4.52 Å². The minimum Gasteiger partial charge on any atom is -0.351 e. The Morgan fingerprint density at radius 1 is 1.25 bits per heavy atom. The van der Waals surface area contributed by atoms with Gasteiger partial charge in [-0.05, 0) is 20.8 Å². The molecular formula is C18H19N3O2S. The SMILES string of the molecule is Cc1cc(C(=O)N(C)[C@H](C)c2sc(-c3ccccc3)nc2C)on1. The molecule has 0 bridgehead atoms. The van der Waals surface area contributed by atoms with Crippen molar-refractivity contribution in [3.8, 4) is 10.6 Å². The lowest BCUT2D eigenvalue weighted by molar-refractivity contribution is 0.0702. The van der Waals surface area contributed by atoms with Gasteiger partial charge in [-0.15, -0.1) is 11.3 Å². The van der Waals surface area contributed by atoms with E-state index in [1.807, 2.05) is 44.2 Å². The molecule has 0 radical (unpaired) electrons. The quantitative estimate of drug-likeness (QED) is 0.712. The van der Waals surface area contributed by atoms with Crippen LogP contribution in [0.25, 0.3) is 10.6 Å². The third-order valence-electron chi connectivity index (χ3n) is 3.97. The van der Waals surface area contributed by atoms with E-state index in [0.717, 1.165) is 21.1 Å². The second-order valence-corrected chi connectivity index (χ2v) is 6.79. The Morgan fingerprint density at radius 2 is 1.96 bits per heavy atom. The van der Waals surface area contributed by atoms with Crippen LogP contribution in [0.5, 0.6) is 0 Å². The first kappa shape index (κ1) is 16.4. The van der Waals surface area contributed by atoms with Crippen molar-refractivity contribution in [1.29, 1.82) is 0 Å². The van der Waals surface area contributed by atoms with Crippen molar-refractivity contribution in [3.63, 3.8) is 0 Å². The number of rotatable bonds is 4. The summed E-state index contributed by atoms with van der Waals surface area (Å²) < 4.78 is 5.08. The van der Waals surface area contributed by atoms with Crippen molar-refractivity contribution < 1.29 is 9.32 Å². The Hall–Kier alpha value is -2.47. The van der Waals surface area contributed by atoms with Gasteiger partial charge in [-0.1, -0.05) is 35.5 Å². The van der Waals surface area contributed by atoms with Crippen LogP contribution in [0.3, 0.4) is 0 Å². The largest absolute Gasteiger partial charge is 0.351 e. The summed E-state index contributed by atoms with van der Waals surface area (Å²) in [6.07, 6.45) is 0. The highest BCUT2D eigenvalue weighted by atomic mass is 32.1. The lowest BCUT2D eigenvalue weighted by atomic mass is 10.2. The summed E-state index contributed by atoms with van der Waals surface area (Å²) in [6, 6.07) is 11.6. The molecule has 3 rings (SSSR count). The molecule has 0 saturated heterocycles. The van der Waals surface area contributed by atoms with Crippen molar-refractivity contribution in [2.75, 3.05) is 7.05 Å². The van der Waals surface area contributed by atoms with Gasteiger partial charge in [0.1, 0.15) is 5.01 Å². The first-order valence-electron chi connectivity index (χ1n) is 7.70. The van der Waals surface area contributed by atoms with Crippen molar-refractivity contribution in [3.05, 3.63) is 58.4 Å². The molecule has 2 heterocycles. The number of benzene rings is 1. The van der Waals surface area contributed by atoms with E-state index in [-0.39, 0.29) is 17.7 Å². The third-order valence-corrected chi connectivity index (χ3v) is 5.35. The van der Waals surface area contributed by atoms with E-state index in [1.54, 1.807) is 36.3 Å². The summed E-state index contributed by atoms with van der Waals surface area (Å²) in [5, 5.41) is 4.75. The topological polar surface area (TPSA) is 59.2 Å². The molecule has 0 unspecified atom stereocenters. The van der Waals surface area contributed by atoms with Gasteiger partial charge in [-0.25, -0.2) is 4.98 Å². The Kier molecular flexibility index (Phi) is 4.49. The van der Waals surface area contributed by atoms with Crippen LogP contribution in [0.2, 0.25) is 0 Å². The van der Waals surface area contributed by atoms with Gasteiger partial charge in [-0.3, -0.25) is 4.79 Å². The van der Waals surface area contributed by atoms with E-state index in [9.17, 15) is 4.79 Å². The number of aryl methyl sites for hydroxylation is 2. The monoisotopic (exact) mass is 341 g/mol. The minimum atomic E-state index is -0.183. The van der Waals surface area contributed by atoms with Gasteiger partial charge in [0, 0.05) is 18.7 Å². The van der Waals surface area contributed by atoms with Gasteiger partial charge in [0.25, 0.3) is 5.91 Å². The fraction of sp³-hybridized carbons (Fsp3) is 0.278. The molecule has 0 spiro atoms. The normalized spacial score (nSPS) is 12.2. The molecule has 124 valence electrons. The summed E-state index contributed by atoms with van der Waals surface area (Å²) in [4.78, 5) is 19.9. The van der Waals surface area contributed by atoms with E-state index in [0.29, 0.717) is 5.69 Å². The van der Waals surface area contributed by atoms with Gasteiger partial charge in [0.2, 0.25) is 5.76 Å². The molecular weight excluding hydrogens is 322 g/mol. The molecule has 2 aromatic heterocycles. The number of hydrogen-bond acceptors (Lipinski definition) is 5. The zero-order chi connectivity index (χ0) is 17.3.